The van der Waals surface area contributed by atoms with Crippen LogP contribution in [0, 0.1) is 12.3 Å². The second-order valence-corrected chi connectivity index (χ2v) is 5.24. The Morgan fingerprint density at radius 2 is 2.36 bits per heavy atom. The minimum Gasteiger partial charge on any atom is -0.364 e. The Labute approximate surface area is 93.5 Å². The molecular formula is C9H13N3S2. The molecule has 0 aliphatic carbocycles. The van der Waals surface area contributed by atoms with E-state index in [4.69, 9.17) is 6.42 Å². The molecule has 0 aromatic rings. The first-order valence-corrected chi connectivity index (χ1v) is 6.37. The minimum absolute atomic E-state index is 0.709. The Kier molecular flexibility index (Phi) is 3.51. The van der Waals surface area contributed by atoms with Gasteiger partial charge in [0.1, 0.15) is 5.03 Å². The molecule has 0 atom stereocenters. The van der Waals surface area contributed by atoms with E-state index in [1.165, 1.54) is 31.0 Å². The maximum absolute atomic E-state index is 5.20. The summed E-state index contributed by atoms with van der Waals surface area (Å²) in [6, 6.07) is 0. The highest BCUT2D eigenvalue weighted by atomic mass is 32.2. The van der Waals surface area contributed by atoms with Crippen molar-refractivity contribution in [1.82, 2.24) is 14.1 Å². The van der Waals surface area contributed by atoms with Crippen LogP contribution >= 0.6 is 23.9 Å². The third-order valence-electron chi connectivity index (χ3n) is 2.15. The van der Waals surface area contributed by atoms with Gasteiger partial charge in [-0.1, -0.05) is 5.92 Å². The van der Waals surface area contributed by atoms with Crippen molar-refractivity contribution in [2.45, 2.75) is 12.8 Å². The van der Waals surface area contributed by atoms with Gasteiger partial charge in [0, 0.05) is 31.2 Å². The van der Waals surface area contributed by atoms with Gasteiger partial charge in [0.05, 0.1) is 5.75 Å². The van der Waals surface area contributed by atoms with Gasteiger partial charge in [-0.2, -0.15) is 0 Å². The molecule has 0 bridgehead atoms. The van der Waals surface area contributed by atoms with Crippen LogP contribution in [0.3, 0.4) is 0 Å². The second-order valence-electron chi connectivity index (χ2n) is 3.13. The summed E-state index contributed by atoms with van der Waals surface area (Å²) >= 11 is 3.34. The average Bonchev–Trinajstić information content (AvgIpc) is 2.85. The third-order valence-corrected chi connectivity index (χ3v) is 4.16. The first-order valence-electron chi connectivity index (χ1n) is 4.66. The standard InChI is InChI=1S/C9H13N3S2/c1-2-7-13-12-10-8-9(14-12)11-5-3-4-6-11/h1,8,10H,3-7H2. The summed E-state index contributed by atoms with van der Waals surface area (Å²) in [5.74, 6) is 3.32. The maximum Gasteiger partial charge on any atom is 0.106 e. The van der Waals surface area contributed by atoms with E-state index >= 15 is 0 Å². The van der Waals surface area contributed by atoms with E-state index < -0.39 is 0 Å². The zero-order chi connectivity index (χ0) is 9.80. The average molecular weight is 227 g/mol. The predicted molar refractivity (Wildman–Crippen MR) is 62.7 cm³/mol. The van der Waals surface area contributed by atoms with Gasteiger partial charge in [-0.05, 0) is 24.8 Å². The van der Waals surface area contributed by atoms with E-state index in [1.807, 2.05) is 3.82 Å². The predicted octanol–water partition coefficient (Wildman–Crippen LogP) is 1.63. The van der Waals surface area contributed by atoms with Crippen LogP contribution in [0.2, 0.25) is 0 Å². The SMILES string of the molecule is C#CCSN1NC=C(N2CCCC2)S1. The van der Waals surface area contributed by atoms with E-state index in [9.17, 15) is 0 Å². The molecule has 0 saturated carbocycles. The highest BCUT2D eigenvalue weighted by Gasteiger charge is 2.22. The zero-order valence-corrected chi connectivity index (χ0v) is 9.53. The van der Waals surface area contributed by atoms with Crippen LogP contribution in [-0.2, 0) is 0 Å². The number of nitrogens with one attached hydrogen (secondary N) is 1. The molecule has 5 heteroatoms. The highest BCUT2D eigenvalue weighted by molar-refractivity contribution is 8.14. The van der Waals surface area contributed by atoms with Crippen LogP contribution in [0.15, 0.2) is 11.2 Å². The first kappa shape index (κ1) is 10.1. The van der Waals surface area contributed by atoms with Crippen molar-refractivity contribution in [2.24, 2.45) is 0 Å². The molecule has 2 aliphatic heterocycles. The van der Waals surface area contributed by atoms with E-state index in [1.54, 1.807) is 23.9 Å². The molecule has 14 heavy (non-hydrogen) atoms. The molecule has 3 nitrogen and oxygen atoms in total. The van der Waals surface area contributed by atoms with Crippen LogP contribution in [0.4, 0.5) is 0 Å². The summed E-state index contributed by atoms with van der Waals surface area (Å²) in [4.78, 5) is 2.41. The molecule has 0 aromatic heterocycles. The van der Waals surface area contributed by atoms with Gasteiger partial charge < -0.3 is 10.3 Å². The van der Waals surface area contributed by atoms with Crippen molar-refractivity contribution >= 4 is 23.9 Å². The Morgan fingerprint density at radius 1 is 1.57 bits per heavy atom. The van der Waals surface area contributed by atoms with Gasteiger partial charge in [0.25, 0.3) is 0 Å². The summed E-state index contributed by atoms with van der Waals surface area (Å²) in [6.45, 7) is 2.38. The summed E-state index contributed by atoms with van der Waals surface area (Å²) in [7, 11) is 0. The van der Waals surface area contributed by atoms with Gasteiger partial charge >= 0.3 is 0 Å². The lowest BCUT2D eigenvalue weighted by Crippen LogP contribution is -2.16. The van der Waals surface area contributed by atoms with E-state index in [0.29, 0.717) is 5.75 Å². The van der Waals surface area contributed by atoms with Crippen molar-refractivity contribution in [3.05, 3.63) is 11.2 Å². The molecule has 1 saturated heterocycles. The van der Waals surface area contributed by atoms with E-state index in [-0.39, 0.29) is 0 Å². The highest BCUT2D eigenvalue weighted by Crippen LogP contribution is 2.34. The van der Waals surface area contributed by atoms with Crippen molar-refractivity contribution in [1.29, 1.82) is 0 Å². The molecule has 76 valence electrons. The van der Waals surface area contributed by atoms with Crippen LogP contribution in [-0.4, -0.2) is 27.6 Å². The maximum atomic E-state index is 5.20. The largest absolute Gasteiger partial charge is 0.364 e. The second kappa shape index (κ2) is 4.87. The van der Waals surface area contributed by atoms with Crippen molar-refractivity contribution in [3.63, 3.8) is 0 Å². The fraction of sp³-hybridized carbons (Fsp3) is 0.556. The molecule has 0 amide bonds. The fourth-order valence-electron chi connectivity index (χ4n) is 1.49. The Bertz CT molecular complexity index is 266. The number of hydrazine groups is 1. The molecule has 1 N–H and O–H groups in total. The Hall–Kier alpha value is -0.440. The topological polar surface area (TPSA) is 18.5 Å². The first-order chi connectivity index (χ1) is 6.90. The Morgan fingerprint density at radius 3 is 3.07 bits per heavy atom. The monoisotopic (exact) mass is 227 g/mol. The van der Waals surface area contributed by atoms with Gasteiger partial charge in [-0.3, -0.25) is 0 Å². The normalized spacial score (nSPS) is 21.9. The van der Waals surface area contributed by atoms with Crippen molar-refractivity contribution < 1.29 is 0 Å². The summed E-state index contributed by atoms with van der Waals surface area (Å²) in [6.07, 6.45) is 9.89. The molecule has 0 aromatic carbocycles. The smallest absolute Gasteiger partial charge is 0.106 e. The molecule has 1 fully saturated rings. The molecule has 2 aliphatic rings. The molecule has 0 unspecified atom stereocenters. The van der Waals surface area contributed by atoms with Gasteiger partial charge in [0.15, 0.2) is 0 Å². The summed E-state index contributed by atoms with van der Waals surface area (Å²) < 4.78 is 2.01. The number of rotatable bonds is 3. The van der Waals surface area contributed by atoms with Crippen LogP contribution in [0.5, 0.6) is 0 Å². The number of hydrogen-bond acceptors (Lipinski definition) is 5. The quantitative estimate of drug-likeness (QED) is 0.582. The van der Waals surface area contributed by atoms with Gasteiger partial charge in [-0.25, -0.2) is 0 Å². The zero-order valence-electron chi connectivity index (χ0n) is 7.90. The van der Waals surface area contributed by atoms with E-state index in [0.717, 1.165) is 0 Å². The molecule has 0 spiro atoms. The van der Waals surface area contributed by atoms with Gasteiger partial charge in [-0.15, -0.1) is 10.2 Å². The lowest BCUT2D eigenvalue weighted by molar-refractivity contribution is 0.456. The van der Waals surface area contributed by atoms with Crippen molar-refractivity contribution in [3.8, 4) is 12.3 Å². The van der Waals surface area contributed by atoms with Crippen LogP contribution < -0.4 is 5.43 Å². The minimum atomic E-state index is 0.709. The molecule has 2 rings (SSSR count). The Balaban J connectivity index is 1.78. The molecule has 0 radical (unpaired) electrons. The molecule has 2 heterocycles. The lowest BCUT2D eigenvalue weighted by Gasteiger charge is -2.18. The van der Waals surface area contributed by atoms with E-state index in [2.05, 4.69) is 22.4 Å². The van der Waals surface area contributed by atoms with Crippen molar-refractivity contribution in [2.75, 3.05) is 18.8 Å². The summed E-state index contributed by atoms with van der Waals surface area (Å²) in [5.41, 5.74) is 3.18. The molecular weight excluding hydrogens is 214 g/mol. The van der Waals surface area contributed by atoms with Gasteiger partial charge in [0.2, 0.25) is 0 Å². The van der Waals surface area contributed by atoms with Crippen LogP contribution in [0.1, 0.15) is 12.8 Å². The van der Waals surface area contributed by atoms with Crippen LogP contribution in [0.25, 0.3) is 0 Å². The number of hydrogen-bond donors (Lipinski definition) is 1. The lowest BCUT2D eigenvalue weighted by atomic mass is 10.4. The number of terminal acetylenes is 1. The fourth-order valence-corrected chi connectivity index (χ4v) is 3.09. The summed E-state index contributed by atoms with van der Waals surface area (Å²) in [5, 5.41) is 1.31. The number of likely N-dealkylation sites (tertiary alicyclic amines) is 1. The number of nitrogens with zero attached hydrogens (tertiary/aromatic N) is 2. The third kappa shape index (κ3) is 2.32.